The molecule has 1 saturated heterocycles. The van der Waals surface area contributed by atoms with Gasteiger partial charge in [0.25, 0.3) is 5.91 Å². The van der Waals surface area contributed by atoms with Crippen molar-refractivity contribution in [2.75, 3.05) is 17.6 Å². The lowest BCUT2D eigenvalue weighted by Crippen LogP contribution is -2.36. The second-order valence-electron chi connectivity index (χ2n) is 7.93. The van der Waals surface area contributed by atoms with Gasteiger partial charge in [-0.1, -0.05) is 51.8 Å². The Kier molecular flexibility index (Phi) is 7.16. The highest BCUT2D eigenvalue weighted by Gasteiger charge is 2.23. The highest BCUT2D eigenvalue weighted by molar-refractivity contribution is 9.10. The molecule has 1 aliphatic rings. The van der Waals surface area contributed by atoms with Crippen molar-refractivity contribution in [3.8, 4) is 0 Å². The molecule has 0 aromatic heterocycles. The van der Waals surface area contributed by atoms with E-state index in [-0.39, 0.29) is 11.8 Å². The number of hydrogen-bond acceptors (Lipinski definition) is 3. The molecule has 1 fully saturated rings. The summed E-state index contributed by atoms with van der Waals surface area (Å²) in [6.07, 6.45) is 3.67. The first-order chi connectivity index (χ1) is 15.9. The average Bonchev–Trinajstić information content (AvgIpc) is 2.80. The normalized spacial score (nSPS) is 15.0. The number of carbonyl (C=O) groups excluding carboxylic acids is 2. The molecule has 3 N–H and O–H groups in total. The number of nitrogen functional groups attached to an aromatic ring is 1. The summed E-state index contributed by atoms with van der Waals surface area (Å²) in [6, 6.07) is 20.1. The molecule has 1 aliphatic heterocycles. The minimum atomic E-state index is -0.260. The van der Waals surface area contributed by atoms with E-state index >= 15 is 0 Å². The van der Waals surface area contributed by atoms with Crippen molar-refractivity contribution in [2.24, 2.45) is 0 Å². The van der Waals surface area contributed by atoms with Crippen LogP contribution in [0.2, 0.25) is 5.02 Å². The Morgan fingerprint density at radius 1 is 1.09 bits per heavy atom. The number of nitrogens with two attached hydrogens (primary N) is 1. The summed E-state index contributed by atoms with van der Waals surface area (Å²) in [5.74, 6) is -0.200. The summed E-state index contributed by atoms with van der Waals surface area (Å²) in [5, 5.41) is 3.31. The Labute approximate surface area is 206 Å². The zero-order valence-electron chi connectivity index (χ0n) is 17.9. The van der Waals surface area contributed by atoms with Gasteiger partial charge in [0.15, 0.2) is 0 Å². The molecule has 0 spiro atoms. The van der Waals surface area contributed by atoms with Crippen molar-refractivity contribution in [1.29, 1.82) is 0 Å². The summed E-state index contributed by atoms with van der Waals surface area (Å²) in [6.45, 7) is 1.22. The summed E-state index contributed by atoms with van der Waals surface area (Å²) in [7, 11) is 0. The molecule has 7 heteroatoms. The molecule has 0 unspecified atom stereocenters. The molecule has 0 atom stereocenters. The van der Waals surface area contributed by atoms with Crippen LogP contribution in [0.1, 0.15) is 34.3 Å². The standard InChI is InChI=1S/C26H23BrClN3O2/c27-21-9-5-17(6-10-21)14-20-2-1-13-31(26(20)33)16-18-3-7-19(8-4-18)25(32)30-24-12-11-22(28)15-23(24)29/h3-12,14-15H,1-2,13,16,29H2,(H,30,32)/b20-14+. The van der Waals surface area contributed by atoms with E-state index in [4.69, 9.17) is 17.3 Å². The van der Waals surface area contributed by atoms with Gasteiger partial charge in [0.2, 0.25) is 5.91 Å². The van der Waals surface area contributed by atoms with E-state index in [1.807, 2.05) is 47.4 Å². The number of anilines is 2. The van der Waals surface area contributed by atoms with Gasteiger partial charge in [0.1, 0.15) is 0 Å². The predicted octanol–water partition coefficient (Wildman–Crippen LogP) is 6.14. The number of nitrogens with zero attached hydrogens (tertiary/aromatic N) is 1. The van der Waals surface area contributed by atoms with Gasteiger partial charge in [0.05, 0.1) is 11.4 Å². The topological polar surface area (TPSA) is 75.4 Å². The molecular weight excluding hydrogens is 502 g/mol. The van der Waals surface area contributed by atoms with Crippen LogP contribution in [0.25, 0.3) is 6.08 Å². The van der Waals surface area contributed by atoms with Crippen molar-refractivity contribution in [3.05, 3.63) is 98.5 Å². The molecule has 0 bridgehead atoms. The lowest BCUT2D eigenvalue weighted by Gasteiger charge is -2.28. The fraction of sp³-hybridized carbons (Fsp3) is 0.154. The molecule has 0 aliphatic carbocycles. The molecule has 1 heterocycles. The number of amides is 2. The highest BCUT2D eigenvalue weighted by Crippen LogP contribution is 2.25. The number of hydrogen-bond donors (Lipinski definition) is 2. The largest absolute Gasteiger partial charge is 0.397 e. The van der Waals surface area contributed by atoms with Crippen molar-refractivity contribution in [1.82, 2.24) is 4.90 Å². The number of halogens is 2. The maximum atomic E-state index is 13.0. The van der Waals surface area contributed by atoms with Crippen LogP contribution in [-0.2, 0) is 11.3 Å². The SMILES string of the molecule is Nc1cc(Cl)ccc1NC(=O)c1ccc(CN2CCC/C(=C\c3ccc(Br)cc3)C2=O)cc1. The molecule has 5 nitrogen and oxygen atoms in total. The zero-order chi connectivity index (χ0) is 23.4. The van der Waals surface area contributed by atoms with Crippen LogP contribution in [-0.4, -0.2) is 23.3 Å². The molecule has 3 aromatic rings. The second-order valence-corrected chi connectivity index (χ2v) is 9.29. The maximum Gasteiger partial charge on any atom is 0.255 e. The summed E-state index contributed by atoms with van der Waals surface area (Å²) < 4.78 is 1.01. The van der Waals surface area contributed by atoms with Crippen LogP contribution in [0, 0.1) is 0 Å². The van der Waals surface area contributed by atoms with Gasteiger partial charge in [-0.05, 0) is 72.5 Å². The molecule has 0 radical (unpaired) electrons. The molecule has 3 aromatic carbocycles. The summed E-state index contributed by atoms with van der Waals surface area (Å²) >= 11 is 9.34. The third kappa shape index (κ3) is 5.83. The lowest BCUT2D eigenvalue weighted by molar-refractivity contribution is -0.129. The van der Waals surface area contributed by atoms with Gasteiger partial charge in [-0.25, -0.2) is 0 Å². The fourth-order valence-electron chi connectivity index (χ4n) is 3.74. The average molecular weight is 525 g/mol. The maximum absolute atomic E-state index is 13.0. The van der Waals surface area contributed by atoms with Crippen LogP contribution in [0.5, 0.6) is 0 Å². The monoisotopic (exact) mass is 523 g/mol. The van der Waals surface area contributed by atoms with Crippen molar-refractivity contribution < 1.29 is 9.59 Å². The van der Waals surface area contributed by atoms with Gasteiger partial charge in [0, 0.05) is 33.7 Å². The van der Waals surface area contributed by atoms with Crippen LogP contribution in [0.15, 0.2) is 76.8 Å². The third-order valence-corrected chi connectivity index (χ3v) is 6.26. The zero-order valence-corrected chi connectivity index (χ0v) is 20.2. The lowest BCUT2D eigenvalue weighted by atomic mass is 10.00. The number of rotatable bonds is 5. The molecule has 4 rings (SSSR count). The van der Waals surface area contributed by atoms with Gasteiger partial charge < -0.3 is 16.0 Å². The third-order valence-electron chi connectivity index (χ3n) is 5.50. The van der Waals surface area contributed by atoms with Crippen LogP contribution in [0.3, 0.4) is 0 Å². The molecule has 0 saturated carbocycles. The van der Waals surface area contributed by atoms with Crippen molar-refractivity contribution in [2.45, 2.75) is 19.4 Å². The Bertz CT molecular complexity index is 1210. The minimum Gasteiger partial charge on any atom is -0.397 e. The summed E-state index contributed by atoms with van der Waals surface area (Å²) in [5.41, 5.74) is 10.1. The number of nitrogens with one attached hydrogen (secondary N) is 1. The minimum absolute atomic E-state index is 0.0594. The van der Waals surface area contributed by atoms with Crippen molar-refractivity contribution >= 4 is 56.8 Å². The quantitative estimate of drug-likeness (QED) is 0.311. The summed E-state index contributed by atoms with van der Waals surface area (Å²) in [4.78, 5) is 27.4. The highest BCUT2D eigenvalue weighted by atomic mass is 79.9. The van der Waals surface area contributed by atoms with E-state index in [0.29, 0.717) is 35.1 Å². The number of piperidine rings is 1. The van der Waals surface area contributed by atoms with Gasteiger partial charge in [-0.2, -0.15) is 0 Å². The van der Waals surface area contributed by atoms with E-state index in [2.05, 4.69) is 21.2 Å². The molecule has 33 heavy (non-hydrogen) atoms. The molecular formula is C26H23BrClN3O2. The first-order valence-electron chi connectivity index (χ1n) is 10.6. The molecule has 2 amide bonds. The van der Waals surface area contributed by atoms with E-state index in [1.165, 1.54) is 0 Å². The van der Waals surface area contributed by atoms with Gasteiger partial charge >= 0.3 is 0 Å². The Morgan fingerprint density at radius 3 is 2.52 bits per heavy atom. The number of likely N-dealkylation sites (tertiary alicyclic amines) is 1. The second kappa shape index (κ2) is 10.2. The number of benzene rings is 3. The Balaban J connectivity index is 1.41. The first-order valence-corrected chi connectivity index (χ1v) is 11.8. The van der Waals surface area contributed by atoms with Crippen molar-refractivity contribution in [3.63, 3.8) is 0 Å². The van der Waals surface area contributed by atoms with E-state index in [0.717, 1.165) is 34.0 Å². The van der Waals surface area contributed by atoms with E-state index < -0.39 is 0 Å². The van der Waals surface area contributed by atoms with E-state index in [1.54, 1.807) is 30.3 Å². The Morgan fingerprint density at radius 2 is 1.82 bits per heavy atom. The Hall–Kier alpha value is -3.09. The number of carbonyl (C=O) groups is 2. The van der Waals surface area contributed by atoms with Crippen LogP contribution < -0.4 is 11.1 Å². The van der Waals surface area contributed by atoms with Crippen LogP contribution in [0.4, 0.5) is 11.4 Å². The fourth-order valence-corrected chi connectivity index (χ4v) is 4.19. The van der Waals surface area contributed by atoms with Gasteiger partial charge in [-0.15, -0.1) is 0 Å². The van der Waals surface area contributed by atoms with Crippen LogP contribution >= 0.6 is 27.5 Å². The smallest absolute Gasteiger partial charge is 0.255 e. The van der Waals surface area contributed by atoms with Gasteiger partial charge in [-0.3, -0.25) is 9.59 Å². The predicted molar refractivity (Wildman–Crippen MR) is 137 cm³/mol. The first kappa shape index (κ1) is 23.1. The molecule has 168 valence electrons. The van der Waals surface area contributed by atoms with E-state index in [9.17, 15) is 9.59 Å².